The summed E-state index contributed by atoms with van der Waals surface area (Å²) in [4.78, 5) is 37.3. The molecule has 1 N–H and O–H groups in total. The van der Waals surface area contributed by atoms with Crippen molar-refractivity contribution in [3.8, 4) is 5.75 Å². The van der Waals surface area contributed by atoms with E-state index in [1.807, 2.05) is 12.1 Å². The zero-order chi connectivity index (χ0) is 20.9. The number of hydrogen-bond donors (Lipinski definition) is 1. The molecule has 0 spiro atoms. The van der Waals surface area contributed by atoms with Crippen LogP contribution in [0.5, 0.6) is 5.75 Å². The Kier molecular flexibility index (Phi) is 6.54. The summed E-state index contributed by atoms with van der Waals surface area (Å²) in [6.45, 7) is -0.533. The maximum Gasteiger partial charge on any atom is 0.317 e. The van der Waals surface area contributed by atoms with Crippen LogP contribution in [-0.4, -0.2) is 31.5 Å². The number of para-hydroxylation sites is 1. The molecule has 0 atom stereocenters. The van der Waals surface area contributed by atoms with Crippen LogP contribution in [0.4, 0.5) is 0 Å². The van der Waals surface area contributed by atoms with Crippen LogP contribution in [0, 0.1) is 0 Å². The standard InChI is InChI=1S/C22H22ClNO5/c1-28-18-7-3-2-6-17(18)20(26)24-19(25)14-29-21(27)22(12-4-5-13-22)15-8-10-16(23)11-9-15/h2-3,6-11H,4-5,12-14H2,1H3,(H,24,25,26). The third kappa shape index (κ3) is 4.59. The lowest BCUT2D eigenvalue weighted by atomic mass is 9.79. The van der Waals surface area contributed by atoms with Gasteiger partial charge in [-0.2, -0.15) is 0 Å². The Labute approximate surface area is 174 Å². The van der Waals surface area contributed by atoms with Crippen molar-refractivity contribution in [1.29, 1.82) is 0 Å². The van der Waals surface area contributed by atoms with E-state index in [9.17, 15) is 14.4 Å². The fourth-order valence-electron chi connectivity index (χ4n) is 3.69. The van der Waals surface area contributed by atoms with Crippen LogP contribution in [-0.2, 0) is 19.7 Å². The van der Waals surface area contributed by atoms with E-state index in [0.717, 1.165) is 18.4 Å². The number of rotatable bonds is 6. The van der Waals surface area contributed by atoms with E-state index in [1.54, 1.807) is 36.4 Å². The van der Waals surface area contributed by atoms with Crippen molar-refractivity contribution < 1.29 is 23.9 Å². The highest BCUT2D eigenvalue weighted by Crippen LogP contribution is 2.42. The summed E-state index contributed by atoms with van der Waals surface area (Å²) in [5, 5.41) is 2.81. The number of nitrogens with one attached hydrogen (secondary N) is 1. The molecule has 2 amide bonds. The van der Waals surface area contributed by atoms with Gasteiger partial charge in [0.05, 0.1) is 18.1 Å². The van der Waals surface area contributed by atoms with Crippen LogP contribution in [0.2, 0.25) is 5.02 Å². The Morgan fingerprint density at radius 2 is 1.69 bits per heavy atom. The molecule has 3 rings (SSSR count). The molecule has 1 aliphatic rings. The van der Waals surface area contributed by atoms with Crippen molar-refractivity contribution in [3.63, 3.8) is 0 Å². The molecule has 0 heterocycles. The number of methoxy groups -OCH3 is 1. The number of hydrogen-bond acceptors (Lipinski definition) is 5. The second-order valence-electron chi connectivity index (χ2n) is 6.95. The van der Waals surface area contributed by atoms with E-state index in [4.69, 9.17) is 21.1 Å². The number of benzene rings is 2. The highest BCUT2D eigenvalue weighted by Gasteiger charge is 2.44. The molecule has 7 heteroatoms. The lowest BCUT2D eigenvalue weighted by Crippen LogP contribution is -2.39. The van der Waals surface area contributed by atoms with Crippen molar-refractivity contribution in [3.05, 3.63) is 64.7 Å². The van der Waals surface area contributed by atoms with Crippen molar-refractivity contribution in [2.45, 2.75) is 31.1 Å². The van der Waals surface area contributed by atoms with Crippen molar-refractivity contribution in [2.24, 2.45) is 0 Å². The first-order chi connectivity index (χ1) is 14.0. The Bertz CT molecular complexity index is 904. The summed E-state index contributed by atoms with van der Waals surface area (Å²) >= 11 is 5.96. The molecule has 152 valence electrons. The molecule has 0 bridgehead atoms. The molecule has 1 aliphatic carbocycles. The summed E-state index contributed by atoms with van der Waals surface area (Å²) in [5.41, 5.74) is 0.273. The van der Waals surface area contributed by atoms with Gasteiger partial charge in [-0.05, 0) is 42.7 Å². The second kappa shape index (κ2) is 9.09. The predicted octanol–water partition coefficient (Wildman–Crippen LogP) is 3.66. The summed E-state index contributed by atoms with van der Waals surface area (Å²) in [5.74, 6) is -1.42. The minimum absolute atomic E-state index is 0.225. The molecule has 29 heavy (non-hydrogen) atoms. The smallest absolute Gasteiger partial charge is 0.317 e. The average molecular weight is 416 g/mol. The highest BCUT2D eigenvalue weighted by atomic mass is 35.5. The van der Waals surface area contributed by atoms with Gasteiger partial charge in [-0.25, -0.2) is 0 Å². The molecule has 2 aromatic rings. The zero-order valence-corrected chi connectivity index (χ0v) is 16.8. The number of carbonyl (C=O) groups excluding carboxylic acids is 3. The first kappa shape index (κ1) is 20.9. The zero-order valence-electron chi connectivity index (χ0n) is 16.1. The fourth-order valence-corrected chi connectivity index (χ4v) is 3.82. The Morgan fingerprint density at radius 3 is 2.34 bits per heavy atom. The molecule has 1 saturated carbocycles. The largest absolute Gasteiger partial charge is 0.496 e. The van der Waals surface area contributed by atoms with Crippen LogP contribution >= 0.6 is 11.6 Å². The monoisotopic (exact) mass is 415 g/mol. The number of imide groups is 1. The molecule has 2 aromatic carbocycles. The number of esters is 1. The minimum atomic E-state index is -0.780. The van der Waals surface area contributed by atoms with Crippen LogP contribution in [0.3, 0.4) is 0 Å². The first-order valence-electron chi connectivity index (χ1n) is 9.37. The molecule has 0 unspecified atom stereocenters. The van der Waals surface area contributed by atoms with Gasteiger partial charge in [0.25, 0.3) is 11.8 Å². The molecular formula is C22H22ClNO5. The van der Waals surface area contributed by atoms with Gasteiger partial charge in [0.15, 0.2) is 6.61 Å². The highest BCUT2D eigenvalue weighted by molar-refractivity contribution is 6.30. The lowest BCUT2D eigenvalue weighted by molar-refractivity contribution is -0.154. The molecule has 0 aromatic heterocycles. The van der Waals surface area contributed by atoms with Gasteiger partial charge in [0.1, 0.15) is 5.75 Å². The van der Waals surface area contributed by atoms with Gasteiger partial charge in [-0.3, -0.25) is 19.7 Å². The predicted molar refractivity (Wildman–Crippen MR) is 108 cm³/mol. The van der Waals surface area contributed by atoms with E-state index in [2.05, 4.69) is 5.32 Å². The van der Waals surface area contributed by atoms with Crippen molar-refractivity contribution in [1.82, 2.24) is 5.32 Å². The van der Waals surface area contributed by atoms with Gasteiger partial charge in [-0.1, -0.05) is 48.7 Å². The summed E-state index contributed by atoms with van der Waals surface area (Å²) in [6, 6.07) is 13.7. The third-order valence-electron chi connectivity index (χ3n) is 5.18. The van der Waals surface area contributed by atoms with Crippen LogP contribution in [0.25, 0.3) is 0 Å². The van der Waals surface area contributed by atoms with E-state index >= 15 is 0 Å². The quantitative estimate of drug-likeness (QED) is 0.728. The number of carbonyl (C=O) groups is 3. The maximum absolute atomic E-state index is 12.9. The minimum Gasteiger partial charge on any atom is -0.496 e. The third-order valence-corrected chi connectivity index (χ3v) is 5.44. The SMILES string of the molecule is COc1ccccc1C(=O)NC(=O)COC(=O)C1(c2ccc(Cl)cc2)CCCC1. The molecular weight excluding hydrogens is 394 g/mol. The number of halogens is 1. The molecule has 1 fully saturated rings. The topological polar surface area (TPSA) is 81.7 Å². The summed E-state index contributed by atoms with van der Waals surface area (Å²) in [6.07, 6.45) is 3.09. The summed E-state index contributed by atoms with van der Waals surface area (Å²) < 4.78 is 10.4. The van der Waals surface area contributed by atoms with E-state index in [-0.39, 0.29) is 5.56 Å². The molecule has 6 nitrogen and oxygen atoms in total. The molecule has 0 aliphatic heterocycles. The first-order valence-corrected chi connectivity index (χ1v) is 9.74. The van der Waals surface area contributed by atoms with Gasteiger partial charge in [-0.15, -0.1) is 0 Å². The van der Waals surface area contributed by atoms with Crippen LogP contribution in [0.1, 0.15) is 41.6 Å². The summed E-state index contributed by atoms with van der Waals surface area (Å²) in [7, 11) is 1.44. The van der Waals surface area contributed by atoms with Gasteiger partial charge in [0.2, 0.25) is 0 Å². The van der Waals surface area contributed by atoms with Crippen molar-refractivity contribution in [2.75, 3.05) is 13.7 Å². The average Bonchev–Trinajstić information content (AvgIpc) is 3.23. The number of amides is 2. The van der Waals surface area contributed by atoms with Gasteiger partial charge in [0, 0.05) is 5.02 Å². The fraction of sp³-hybridized carbons (Fsp3) is 0.318. The maximum atomic E-state index is 12.9. The van der Waals surface area contributed by atoms with E-state index < -0.39 is 29.8 Å². The molecule has 0 radical (unpaired) electrons. The Balaban J connectivity index is 1.63. The number of ether oxygens (including phenoxy) is 2. The molecule has 0 saturated heterocycles. The lowest BCUT2D eigenvalue weighted by Gasteiger charge is -2.27. The van der Waals surface area contributed by atoms with Crippen LogP contribution < -0.4 is 10.1 Å². The Hall–Kier alpha value is -2.86. The van der Waals surface area contributed by atoms with E-state index in [0.29, 0.717) is 23.6 Å². The van der Waals surface area contributed by atoms with Crippen molar-refractivity contribution >= 4 is 29.4 Å². The van der Waals surface area contributed by atoms with E-state index in [1.165, 1.54) is 7.11 Å². The van der Waals surface area contributed by atoms with Crippen LogP contribution in [0.15, 0.2) is 48.5 Å². The van der Waals surface area contributed by atoms with Gasteiger partial charge >= 0.3 is 5.97 Å². The normalized spacial score (nSPS) is 14.8. The Morgan fingerprint density at radius 1 is 1.03 bits per heavy atom. The second-order valence-corrected chi connectivity index (χ2v) is 7.39. The van der Waals surface area contributed by atoms with Gasteiger partial charge < -0.3 is 9.47 Å².